The normalized spacial score (nSPS) is 12.5. The summed E-state index contributed by atoms with van der Waals surface area (Å²) in [6, 6.07) is 6.98. The second kappa shape index (κ2) is 8.14. The Labute approximate surface area is 129 Å². The average Bonchev–Trinajstić information content (AvgIpc) is 2.93. The molecule has 0 saturated carbocycles. The van der Waals surface area contributed by atoms with E-state index < -0.39 is 0 Å². The first-order valence-corrected chi connectivity index (χ1v) is 8.23. The predicted octanol–water partition coefficient (Wildman–Crippen LogP) is 3.27. The number of benzene rings is 1. The fourth-order valence-corrected chi connectivity index (χ4v) is 3.17. The zero-order chi connectivity index (χ0) is 15.1. The average molecular weight is 308 g/mol. The summed E-state index contributed by atoms with van der Waals surface area (Å²) in [4.78, 5) is 0.676. The molecule has 21 heavy (non-hydrogen) atoms. The maximum Gasteiger partial charge on any atom is 0.136 e. The van der Waals surface area contributed by atoms with Crippen molar-refractivity contribution < 1.29 is 4.39 Å². The third-order valence-electron chi connectivity index (χ3n) is 3.13. The highest BCUT2D eigenvalue weighted by Gasteiger charge is 2.17. The van der Waals surface area contributed by atoms with Gasteiger partial charge in [-0.05, 0) is 25.1 Å². The summed E-state index contributed by atoms with van der Waals surface area (Å²) >= 11 is 1.51. The lowest BCUT2D eigenvalue weighted by Gasteiger charge is -2.18. The summed E-state index contributed by atoms with van der Waals surface area (Å²) in [5, 5.41) is 11.6. The Morgan fingerprint density at radius 1 is 1.33 bits per heavy atom. The molecule has 1 aromatic heterocycles. The van der Waals surface area contributed by atoms with Gasteiger partial charge in [-0.3, -0.25) is 0 Å². The van der Waals surface area contributed by atoms with Gasteiger partial charge in [-0.15, -0.1) is 16.9 Å². The summed E-state index contributed by atoms with van der Waals surface area (Å²) in [6.07, 6.45) is 2.81. The van der Waals surface area contributed by atoms with Gasteiger partial charge in [0.2, 0.25) is 0 Å². The Morgan fingerprint density at radius 3 is 2.86 bits per heavy atom. The van der Waals surface area contributed by atoms with Gasteiger partial charge in [0, 0.05) is 17.2 Å². The first kappa shape index (κ1) is 16.0. The van der Waals surface area contributed by atoms with E-state index in [1.165, 1.54) is 17.8 Å². The van der Waals surface area contributed by atoms with E-state index in [0.717, 1.165) is 31.0 Å². The maximum atomic E-state index is 13.7. The van der Waals surface area contributed by atoms with Gasteiger partial charge in [-0.25, -0.2) is 9.07 Å². The van der Waals surface area contributed by atoms with Gasteiger partial charge in [0.15, 0.2) is 0 Å². The van der Waals surface area contributed by atoms with Gasteiger partial charge in [0.05, 0.1) is 17.9 Å². The number of thioether (sulfide) groups is 1. The summed E-state index contributed by atoms with van der Waals surface area (Å²) in [5.74, 6) is 0.573. The number of nitrogens with zero attached hydrogens (tertiary/aromatic N) is 3. The van der Waals surface area contributed by atoms with Crippen molar-refractivity contribution in [2.75, 3.05) is 12.3 Å². The van der Waals surface area contributed by atoms with E-state index in [1.54, 1.807) is 12.3 Å². The molecule has 0 fully saturated rings. The molecule has 1 heterocycles. The molecular weight excluding hydrogens is 287 g/mol. The molecule has 0 bridgehead atoms. The molecule has 1 atom stereocenters. The van der Waals surface area contributed by atoms with E-state index in [4.69, 9.17) is 0 Å². The number of nitrogens with one attached hydrogen (secondary N) is 1. The van der Waals surface area contributed by atoms with E-state index in [-0.39, 0.29) is 11.9 Å². The van der Waals surface area contributed by atoms with E-state index in [2.05, 4.69) is 29.5 Å². The predicted molar refractivity (Wildman–Crippen MR) is 83.9 cm³/mol. The number of aromatic nitrogens is 3. The molecule has 1 N–H and O–H groups in total. The molecule has 0 aliphatic rings. The molecule has 6 heteroatoms. The van der Waals surface area contributed by atoms with Crippen LogP contribution in [0.2, 0.25) is 0 Å². The third kappa shape index (κ3) is 4.28. The van der Waals surface area contributed by atoms with Crippen LogP contribution >= 0.6 is 11.8 Å². The number of halogens is 1. The fourth-order valence-electron chi connectivity index (χ4n) is 2.15. The molecule has 0 amide bonds. The molecular formula is C15H21FN4S. The molecule has 114 valence electrons. The monoisotopic (exact) mass is 308 g/mol. The molecule has 1 aromatic carbocycles. The van der Waals surface area contributed by atoms with Crippen LogP contribution in [0.5, 0.6) is 0 Å². The van der Waals surface area contributed by atoms with Crippen molar-refractivity contribution in [2.45, 2.75) is 37.8 Å². The molecule has 2 aromatic rings. The molecule has 0 radical (unpaired) electrons. The lowest BCUT2D eigenvalue weighted by Crippen LogP contribution is -2.26. The van der Waals surface area contributed by atoms with Crippen LogP contribution in [0.3, 0.4) is 0 Å². The minimum atomic E-state index is -0.169. The zero-order valence-electron chi connectivity index (χ0n) is 12.4. The van der Waals surface area contributed by atoms with Crippen molar-refractivity contribution >= 4 is 11.8 Å². The summed E-state index contributed by atoms with van der Waals surface area (Å²) in [7, 11) is 0. The van der Waals surface area contributed by atoms with Crippen molar-refractivity contribution in [1.82, 2.24) is 20.3 Å². The Balaban J connectivity index is 2.08. The maximum absolute atomic E-state index is 13.7. The fraction of sp³-hybridized carbons (Fsp3) is 0.467. The number of aryl methyl sites for hydroxylation is 1. The van der Waals surface area contributed by atoms with Gasteiger partial charge in [-0.2, -0.15) is 0 Å². The van der Waals surface area contributed by atoms with Crippen molar-refractivity contribution in [3.05, 3.63) is 42.0 Å². The summed E-state index contributed by atoms with van der Waals surface area (Å²) in [6.45, 7) is 5.87. The minimum absolute atomic E-state index is 0.112. The standard InChI is InChI=1S/C15H21FN4S/c1-3-9-20-14(10-18-19-20)13(17-4-2)11-21-15-8-6-5-7-12(15)16/h5-8,10,13,17H,3-4,9,11H2,1-2H3. The second-order valence-corrected chi connectivity index (χ2v) is 5.80. The van der Waals surface area contributed by atoms with Crippen LogP contribution in [-0.2, 0) is 6.54 Å². The molecule has 2 rings (SSSR count). The first-order chi connectivity index (χ1) is 10.3. The zero-order valence-corrected chi connectivity index (χ0v) is 13.2. The SMILES string of the molecule is CCCn1nncc1C(CSc1ccccc1F)NCC. The summed E-state index contributed by atoms with van der Waals surface area (Å²) < 4.78 is 15.6. The molecule has 1 unspecified atom stereocenters. The number of hydrogen-bond acceptors (Lipinski definition) is 4. The van der Waals surface area contributed by atoms with Crippen LogP contribution in [0.1, 0.15) is 32.0 Å². The number of rotatable bonds is 8. The molecule has 4 nitrogen and oxygen atoms in total. The second-order valence-electron chi connectivity index (χ2n) is 4.73. The summed E-state index contributed by atoms with van der Waals surface area (Å²) in [5.41, 5.74) is 1.06. The van der Waals surface area contributed by atoms with E-state index >= 15 is 0 Å². The highest BCUT2D eigenvalue weighted by atomic mass is 32.2. The van der Waals surface area contributed by atoms with Crippen LogP contribution < -0.4 is 5.32 Å². The lowest BCUT2D eigenvalue weighted by molar-refractivity contribution is 0.500. The van der Waals surface area contributed by atoms with Crippen molar-refractivity contribution in [3.8, 4) is 0 Å². The van der Waals surface area contributed by atoms with Gasteiger partial charge in [0.1, 0.15) is 5.82 Å². The Bertz CT molecular complexity index is 558. The van der Waals surface area contributed by atoms with Crippen LogP contribution in [0, 0.1) is 5.82 Å². The minimum Gasteiger partial charge on any atom is -0.308 e. The lowest BCUT2D eigenvalue weighted by atomic mass is 10.2. The Kier molecular flexibility index (Phi) is 6.20. The van der Waals surface area contributed by atoms with Gasteiger partial charge >= 0.3 is 0 Å². The van der Waals surface area contributed by atoms with E-state index in [9.17, 15) is 4.39 Å². The van der Waals surface area contributed by atoms with Gasteiger partial charge in [0.25, 0.3) is 0 Å². The van der Waals surface area contributed by atoms with Gasteiger partial charge < -0.3 is 5.32 Å². The highest BCUT2D eigenvalue weighted by molar-refractivity contribution is 7.99. The smallest absolute Gasteiger partial charge is 0.136 e. The quantitative estimate of drug-likeness (QED) is 0.760. The molecule has 0 spiro atoms. The van der Waals surface area contributed by atoms with Crippen LogP contribution in [0.4, 0.5) is 4.39 Å². The van der Waals surface area contributed by atoms with E-state index in [0.29, 0.717) is 4.90 Å². The molecule has 0 saturated heterocycles. The van der Waals surface area contributed by atoms with Crippen LogP contribution in [-0.4, -0.2) is 27.3 Å². The largest absolute Gasteiger partial charge is 0.308 e. The molecule has 0 aliphatic carbocycles. The topological polar surface area (TPSA) is 42.7 Å². The number of hydrogen-bond donors (Lipinski definition) is 1. The van der Waals surface area contributed by atoms with Crippen LogP contribution in [0.15, 0.2) is 35.4 Å². The third-order valence-corrected chi connectivity index (χ3v) is 4.27. The van der Waals surface area contributed by atoms with E-state index in [1.807, 2.05) is 16.8 Å². The van der Waals surface area contributed by atoms with Gasteiger partial charge in [-0.1, -0.05) is 31.2 Å². The van der Waals surface area contributed by atoms with Crippen molar-refractivity contribution in [1.29, 1.82) is 0 Å². The molecule has 0 aliphatic heterocycles. The Morgan fingerprint density at radius 2 is 2.14 bits per heavy atom. The van der Waals surface area contributed by atoms with Crippen molar-refractivity contribution in [2.24, 2.45) is 0 Å². The first-order valence-electron chi connectivity index (χ1n) is 7.25. The van der Waals surface area contributed by atoms with Crippen molar-refractivity contribution in [3.63, 3.8) is 0 Å². The highest BCUT2D eigenvalue weighted by Crippen LogP contribution is 2.26. The van der Waals surface area contributed by atoms with Crippen LogP contribution in [0.25, 0.3) is 0 Å². The Hall–Kier alpha value is -1.40.